The summed E-state index contributed by atoms with van der Waals surface area (Å²) in [6.07, 6.45) is 11.4. The van der Waals surface area contributed by atoms with E-state index in [-0.39, 0.29) is 0 Å². The Morgan fingerprint density at radius 3 is 3.11 bits per heavy atom. The molecule has 2 heterocycles. The lowest BCUT2D eigenvalue weighted by molar-refractivity contribution is 0.340. The quantitative estimate of drug-likeness (QED) is 0.789. The summed E-state index contributed by atoms with van der Waals surface area (Å²) >= 11 is 0. The third-order valence-electron chi connectivity index (χ3n) is 3.61. The minimum absolute atomic E-state index is 0.648. The Morgan fingerprint density at radius 1 is 1.42 bits per heavy atom. The number of aryl methyl sites for hydroxylation is 1. The fourth-order valence-corrected chi connectivity index (χ4v) is 2.47. The number of hydrogen-bond donors (Lipinski definition) is 0. The Bertz CT molecular complexity index is 570. The molecule has 0 aliphatic heterocycles. The zero-order valence-electron chi connectivity index (χ0n) is 11.1. The summed E-state index contributed by atoms with van der Waals surface area (Å²) in [6, 6.07) is 1.97. The van der Waals surface area contributed by atoms with E-state index in [2.05, 4.69) is 27.4 Å². The predicted octanol–water partition coefficient (Wildman–Crippen LogP) is 2.29. The van der Waals surface area contributed by atoms with Crippen LogP contribution in [0.5, 0.6) is 0 Å². The molecule has 0 saturated carbocycles. The van der Waals surface area contributed by atoms with E-state index < -0.39 is 0 Å². The minimum atomic E-state index is 0.648. The van der Waals surface area contributed by atoms with E-state index in [1.807, 2.05) is 17.8 Å². The highest BCUT2D eigenvalue weighted by Gasteiger charge is 2.15. The second kappa shape index (κ2) is 5.38. The Balaban J connectivity index is 1.63. The van der Waals surface area contributed by atoms with Crippen molar-refractivity contribution in [2.75, 3.05) is 0 Å². The van der Waals surface area contributed by atoms with E-state index in [0.29, 0.717) is 12.3 Å². The molecular formula is C14H18N4O. The van der Waals surface area contributed by atoms with Gasteiger partial charge in [-0.05, 0) is 31.2 Å². The van der Waals surface area contributed by atoms with Gasteiger partial charge in [0.1, 0.15) is 0 Å². The molecule has 0 bridgehead atoms. The minimum Gasteiger partial charge on any atom is -0.339 e. The van der Waals surface area contributed by atoms with E-state index in [4.69, 9.17) is 4.52 Å². The van der Waals surface area contributed by atoms with Crippen LogP contribution in [-0.2, 0) is 19.9 Å². The van der Waals surface area contributed by atoms with Crippen molar-refractivity contribution in [3.8, 4) is 0 Å². The van der Waals surface area contributed by atoms with Crippen LogP contribution in [0, 0.1) is 5.92 Å². The first-order chi connectivity index (χ1) is 9.31. The van der Waals surface area contributed by atoms with Crippen LogP contribution in [0.15, 0.2) is 28.9 Å². The van der Waals surface area contributed by atoms with Crippen molar-refractivity contribution in [3.63, 3.8) is 0 Å². The highest BCUT2D eigenvalue weighted by Crippen LogP contribution is 2.22. The average Bonchev–Trinajstić information content (AvgIpc) is 3.02. The lowest BCUT2D eigenvalue weighted by Crippen LogP contribution is -2.06. The van der Waals surface area contributed by atoms with Crippen LogP contribution >= 0.6 is 0 Å². The molecule has 0 aromatic carbocycles. The van der Waals surface area contributed by atoms with E-state index in [1.54, 1.807) is 6.20 Å². The molecule has 5 nitrogen and oxygen atoms in total. The van der Waals surface area contributed by atoms with E-state index in [1.165, 1.54) is 12.8 Å². The van der Waals surface area contributed by atoms with Crippen LogP contribution < -0.4 is 0 Å². The molecule has 0 unspecified atom stereocenters. The van der Waals surface area contributed by atoms with Gasteiger partial charge >= 0.3 is 0 Å². The normalized spacial score (nSPS) is 18.9. The molecule has 0 N–H and O–H groups in total. The van der Waals surface area contributed by atoms with Crippen molar-refractivity contribution in [3.05, 3.63) is 41.8 Å². The molecule has 0 radical (unpaired) electrons. The summed E-state index contributed by atoms with van der Waals surface area (Å²) in [5.41, 5.74) is 1.09. The summed E-state index contributed by atoms with van der Waals surface area (Å²) in [5, 5.41) is 8.19. The zero-order chi connectivity index (χ0) is 13.1. The van der Waals surface area contributed by atoms with Gasteiger partial charge in [0.05, 0.1) is 6.42 Å². The molecule has 0 spiro atoms. The summed E-state index contributed by atoms with van der Waals surface area (Å²) in [7, 11) is 1.92. The van der Waals surface area contributed by atoms with E-state index in [0.717, 1.165) is 30.3 Å². The molecular weight excluding hydrogens is 240 g/mol. The van der Waals surface area contributed by atoms with Crippen molar-refractivity contribution in [2.45, 2.75) is 32.1 Å². The fourth-order valence-electron chi connectivity index (χ4n) is 2.47. The van der Waals surface area contributed by atoms with Gasteiger partial charge in [0.15, 0.2) is 5.82 Å². The first-order valence-electron chi connectivity index (χ1n) is 6.74. The Kier molecular flexibility index (Phi) is 3.44. The lowest BCUT2D eigenvalue weighted by Gasteiger charge is -2.14. The Hall–Kier alpha value is -1.91. The van der Waals surface area contributed by atoms with Crippen LogP contribution in [0.25, 0.3) is 0 Å². The van der Waals surface area contributed by atoms with Crippen molar-refractivity contribution >= 4 is 0 Å². The highest BCUT2D eigenvalue weighted by molar-refractivity contribution is 5.07. The third kappa shape index (κ3) is 2.92. The maximum absolute atomic E-state index is 5.34. The first-order valence-corrected chi connectivity index (χ1v) is 6.74. The molecule has 1 aliphatic rings. The number of aromatic nitrogens is 4. The van der Waals surface area contributed by atoms with Crippen LogP contribution in [-0.4, -0.2) is 19.9 Å². The maximum atomic E-state index is 5.34. The van der Waals surface area contributed by atoms with Crippen molar-refractivity contribution in [2.24, 2.45) is 13.0 Å². The molecule has 2 aromatic heterocycles. The molecule has 5 heteroatoms. The number of nitrogens with zero attached hydrogens (tertiary/aromatic N) is 4. The molecule has 2 aromatic rings. The monoisotopic (exact) mass is 258 g/mol. The molecule has 3 rings (SSSR count). The van der Waals surface area contributed by atoms with Gasteiger partial charge in [-0.2, -0.15) is 10.1 Å². The molecule has 19 heavy (non-hydrogen) atoms. The number of allylic oxidation sites excluding steroid dienone is 2. The summed E-state index contributed by atoms with van der Waals surface area (Å²) in [6.45, 7) is 0. The second-order valence-corrected chi connectivity index (χ2v) is 5.08. The number of rotatable bonds is 4. The van der Waals surface area contributed by atoms with Gasteiger partial charge in [-0.1, -0.05) is 17.3 Å². The predicted molar refractivity (Wildman–Crippen MR) is 70.5 cm³/mol. The van der Waals surface area contributed by atoms with Gasteiger partial charge in [-0.15, -0.1) is 0 Å². The summed E-state index contributed by atoms with van der Waals surface area (Å²) in [4.78, 5) is 4.48. The third-order valence-corrected chi connectivity index (χ3v) is 3.61. The molecule has 100 valence electrons. The molecule has 1 atom stereocenters. The maximum Gasteiger partial charge on any atom is 0.226 e. The van der Waals surface area contributed by atoms with Crippen molar-refractivity contribution in [1.82, 2.24) is 19.9 Å². The zero-order valence-corrected chi connectivity index (χ0v) is 11.1. The summed E-state index contributed by atoms with van der Waals surface area (Å²) < 4.78 is 7.18. The van der Waals surface area contributed by atoms with E-state index in [9.17, 15) is 0 Å². The largest absolute Gasteiger partial charge is 0.339 e. The van der Waals surface area contributed by atoms with Gasteiger partial charge in [-0.3, -0.25) is 4.68 Å². The van der Waals surface area contributed by atoms with Gasteiger partial charge in [0.2, 0.25) is 5.89 Å². The van der Waals surface area contributed by atoms with Gasteiger partial charge in [-0.25, -0.2) is 0 Å². The molecule has 0 saturated heterocycles. The topological polar surface area (TPSA) is 56.7 Å². The standard InChI is InChI=1S/C14H18N4O/c1-18-12(7-8-15-18)10-13-16-14(19-17-13)9-11-5-3-2-4-6-11/h2-3,7-8,11H,4-6,9-10H2,1H3/t11-/m1/s1. The number of hydrogen-bond acceptors (Lipinski definition) is 4. The van der Waals surface area contributed by atoms with Gasteiger partial charge < -0.3 is 4.52 Å². The lowest BCUT2D eigenvalue weighted by atomic mass is 9.91. The van der Waals surface area contributed by atoms with Gasteiger partial charge in [0.25, 0.3) is 0 Å². The molecule has 0 amide bonds. The summed E-state index contributed by atoms with van der Waals surface area (Å²) in [5.74, 6) is 2.15. The van der Waals surface area contributed by atoms with E-state index >= 15 is 0 Å². The SMILES string of the molecule is Cn1nccc1Cc1noc(C[C@@H]2CC=CCC2)n1. The average molecular weight is 258 g/mol. The Labute approximate surface area is 112 Å². The van der Waals surface area contributed by atoms with Crippen LogP contribution in [0.3, 0.4) is 0 Å². The second-order valence-electron chi connectivity index (χ2n) is 5.08. The fraction of sp³-hybridized carbons (Fsp3) is 0.500. The highest BCUT2D eigenvalue weighted by atomic mass is 16.5. The van der Waals surface area contributed by atoms with Crippen LogP contribution in [0.4, 0.5) is 0 Å². The Morgan fingerprint density at radius 2 is 2.37 bits per heavy atom. The molecule has 1 aliphatic carbocycles. The van der Waals surface area contributed by atoms with Gasteiger partial charge in [0, 0.05) is 25.4 Å². The van der Waals surface area contributed by atoms with Crippen molar-refractivity contribution < 1.29 is 4.52 Å². The first kappa shape index (κ1) is 12.1. The van der Waals surface area contributed by atoms with Crippen molar-refractivity contribution in [1.29, 1.82) is 0 Å². The smallest absolute Gasteiger partial charge is 0.226 e. The molecule has 0 fully saturated rings. The van der Waals surface area contributed by atoms with Crippen LogP contribution in [0.2, 0.25) is 0 Å². The van der Waals surface area contributed by atoms with Crippen LogP contribution in [0.1, 0.15) is 36.7 Å².